The van der Waals surface area contributed by atoms with E-state index in [1.165, 1.54) is 19.1 Å². The molecule has 25 heavy (non-hydrogen) atoms. The standard InChI is InChI=1S/C18H19Cl2N3O2/c1-9(23-7-13-11(18(23)24)4-5-22-17(13)20)12(6-21)14-15(19)16(14)25-8-10-2-3-10/h4-6,9-10,12,14,21H,2-3,7-8H2,1H3. The van der Waals surface area contributed by atoms with Gasteiger partial charge in [-0.05, 0) is 31.7 Å². The van der Waals surface area contributed by atoms with E-state index in [9.17, 15) is 4.79 Å². The number of rotatable bonds is 7. The second kappa shape index (κ2) is 6.29. The topological polar surface area (TPSA) is 66.3 Å². The summed E-state index contributed by atoms with van der Waals surface area (Å²) >= 11 is 12.4. The van der Waals surface area contributed by atoms with Crippen molar-refractivity contribution in [2.24, 2.45) is 17.8 Å². The number of ether oxygens (including phenoxy) is 1. The molecule has 1 N–H and O–H groups in total. The first-order valence-corrected chi connectivity index (χ1v) is 9.25. The summed E-state index contributed by atoms with van der Waals surface area (Å²) in [6, 6.07) is 1.51. The lowest BCUT2D eigenvalue weighted by molar-refractivity contribution is 0.0673. The highest BCUT2D eigenvalue weighted by molar-refractivity contribution is 6.33. The fraction of sp³-hybridized carbons (Fsp3) is 0.500. The van der Waals surface area contributed by atoms with Crippen LogP contribution in [0.15, 0.2) is 23.1 Å². The molecular weight excluding hydrogens is 361 g/mol. The molecule has 2 heterocycles. The minimum atomic E-state index is -0.202. The Morgan fingerprint density at radius 3 is 2.88 bits per heavy atom. The molecular formula is C18H19Cl2N3O2. The van der Waals surface area contributed by atoms with E-state index < -0.39 is 0 Å². The van der Waals surface area contributed by atoms with Crippen LogP contribution in [0.5, 0.6) is 0 Å². The number of carbonyl (C=O) groups excluding carboxylic acids is 1. The van der Waals surface area contributed by atoms with E-state index in [-0.39, 0.29) is 23.8 Å². The molecule has 3 atom stereocenters. The first-order chi connectivity index (χ1) is 12.0. The highest BCUT2D eigenvalue weighted by atomic mass is 35.5. The molecule has 7 heteroatoms. The molecule has 1 fully saturated rings. The zero-order valence-electron chi connectivity index (χ0n) is 13.8. The number of aromatic nitrogens is 1. The highest BCUT2D eigenvalue weighted by Crippen LogP contribution is 2.50. The molecule has 1 aromatic heterocycles. The number of amides is 1. The molecule has 2 aliphatic carbocycles. The minimum Gasteiger partial charge on any atom is -0.496 e. The molecule has 3 unspecified atom stereocenters. The lowest BCUT2D eigenvalue weighted by Gasteiger charge is -2.30. The maximum Gasteiger partial charge on any atom is 0.254 e. The van der Waals surface area contributed by atoms with Gasteiger partial charge in [-0.3, -0.25) is 4.79 Å². The van der Waals surface area contributed by atoms with E-state index in [4.69, 9.17) is 33.3 Å². The van der Waals surface area contributed by atoms with Gasteiger partial charge in [-0.1, -0.05) is 23.2 Å². The van der Waals surface area contributed by atoms with Crippen molar-refractivity contribution < 1.29 is 9.53 Å². The van der Waals surface area contributed by atoms with Gasteiger partial charge >= 0.3 is 0 Å². The van der Waals surface area contributed by atoms with Crippen LogP contribution in [0.4, 0.5) is 0 Å². The molecule has 1 saturated carbocycles. The second-order valence-electron chi connectivity index (χ2n) is 6.99. The molecule has 0 spiro atoms. The van der Waals surface area contributed by atoms with E-state index in [1.807, 2.05) is 6.92 Å². The van der Waals surface area contributed by atoms with Gasteiger partial charge in [0, 0.05) is 35.5 Å². The third kappa shape index (κ3) is 2.93. The van der Waals surface area contributed by atoms with Crippen LogP contribution in [0.2, 0.25) is 5.15 Å². The number of pyridine rings is 1. The summed E-state index contributed by atoms with van der Waals surface area (Å²) in [4.78, 5) is 18.5. The van der Waals surface area contributed by atoms with Crippen molar-refractivity contribution >= 4 is 35.3 Å². The van der Waals surface area contributed by atoms with Crippen LogP contribution < -0.4 is 0 Å². The Hall–Kier alpha value is -1.59. The molecule has 0 aromatic carbocycles. The average molecular weight is 380 g/mol. The van der Waals surface area contributed by atoms with Crippen molar-refractivity contribution in [2.45, 2.75) is 32.4 Å². The summed E-state index contributed by atoms with van der Waals surface area (Å²) < 4.78 is 5.81. The number of nitrogens with zero attached hydrogens (tertiary/aromatic N) is 2. The van der Waals surface area contributed by atoms with E-state index in [2.05, 4.69) is 4.98 Å². The van der Waals surface area contributed by atoms with Gasteiger partial charge in [0.05, 0.1) is 24.1 Å². The lowest BCUT2D eigenvalue weighted by atomic mass is 9.94. The fourth-order valence-corrected chi connectivity index (χ4v) is 4.03. The van der Waals surface area contributed by atoms with Gasteiger partial charge in [-0.2, -0.15) is 0 Å². The third-order valence-electron chi connectivity index (χ3n) is 5.33. The van der Waals surface area contributed by atoms with Gasteiger partial charge in [0.2, 0.25) is 0 Å². The van der Waals surface area contributed by atoms with Crippen LogP contribution in [0.3, 0.4) is 0 Å². The maximum absolute atomic E-state index is 12.7. The van der Waals surface area contributed by atoms with Crippen LogP contribution in [-0.4, -0.2) is 34.7 Å². The smallest absolute Gasteiger partial charge is 0.254 e. The SMILES string of the molecule is CC(C(C=N)C1C(Cl)=C1OCC1CC1)N1Cc2c(ccnc2Cl)C1=O. The number of fused-ring (bicyclic) bond motifs is 1. The van der Waals surface area contributed by atoms with E-state index in [0.717, 1.165) is 11.3 Å². The Labute approximate surface area is 156 Å². The van der Waals surface area contributed by atoms with E-state index in [1.54, 1.807) is 17.2 Å². The Balaban J connectivity index is 1.47. The monoisotopic (exact) mass is 379 g/mol. The quantitative estimate of drug-likeness (QED) is 0.577. The Morgan fingerprint density at radius 1 is 1.48 bits per heavy atom. The van der Waals surface area contributed by atoms with Crippen LogP contribution in [0.1, 0.15) is 35.7 Å². The van der Waals surface area contributed by atoms with Crippen molar-refractivity contribution in [3.63, 3.8) is 0 Å². The lowest BCUT2D eigenvalue weighted by Crippen LogP contribution is -2.40. The number of halogens is 2. The Bertz CT molecular complexity index is 776. The van der Waals surface area contributed by atoms with Gasteiger partial charge in [0.1, 0.15) is 10.9 Å². The van der Waals surface area contributed by atoms with Gasteiger partial charge in [0.15, 0.2) is 0 Å². The minimum absolute atomic E-state index is 0.0733. The van der Waals surface area contributed by atoms with Crippen LogP contribution in [0.25, 0.3) is 0 Å². The largest absolute Gasteiger partial charge is 0.496 e. The summed E-state index contributed by atoms with van der Waals surface area (Å²) in [6.07, 6.45) is 5.36. The number of hydrogen-bond donors (Lipinski definition) is 1. The van der Waals surface area contributed by atoms with Crippen LogP contribution >= 0.6 is 23.2 Å². The summed E-state index contributed by atoms with van der Waals surface area (Å²) in [5, 5.41) is 8.91. The molecule has 4 rings (SSSR count). The van der Waals surface area contributed by atoms with Gasteiger partial charge in [-0.15, -0.1) is 0 Å². The summed E-state index contributed by atoms with van der Waals surface area (Å²) in [7, 11) is 0. The molecule has 1 aliphatic heterocycles. The summed E-state index contributed by atoms with van der Waals surface area (Å²) in [5.74, 6) is 1.08. The molecule has 3 aliphatic rings. The Kier molecular flexibility index (Phi) is 4.24. The van der Waals surface area contributed by atoms with Crippen molar-refractivity contribution in [2.75, 3.05) is 6.61 Å². The van der Waals surface area contributed by atoms with Gasteiger partial charge in [0.25, 0.3) is 5.91 Å². The molecule has 1 aromatic rings. The first kappa shape index (κ1) is 16.9. The molecule has 0 radical (unpaired) electrons. The predicted octanol–water partition coefficient (Wildman–Crippen LogP) is 3.85. The number of allylic oxidation sites excluding steroid dienone is 2. The number of nitrogens with one attached hydrogen (secondary N) is 1. The number of carbonyl (C=O) groups is 1. The predicted molar refractivity (Wildman–Crippen MR) is 95.9 cm³/mol. The van der Waals surface area contributed by atoms with E-state index in [0.29, 0.717) is 34.8 Å². The second-order valence-corrected chi connectivity index (χ2v) is 7.76. The maximum atomic E-state index is 12.7. The van der Waals surface area contributed by atoms with Gasteiger partial charge < -0.3 is 15.0 Å². The van der Waals surface area contributed by atoms with E-state index >= 15 is 0 Å². The summed E-state index contributed by atoms with van der Waals surface area (Å²) in [5.41, 5.74) is 1.35. The Morgan fingerprint density at radius 2 is 2.24 bits per heavy atom. The van der Waals surface area contributed by atoms with Crippen molar-refractivity contribution in [3.05, 3.63) is 39.3 Å². The fourth-order valence-electron chi connectivity index (χ4n) is 3.45. The highest BCUT2D eigenvalue weighted by Gasteiger charge is 2.48. The zero-order valence-corrected chi connectivity index (χ0v) is 15.3. The molecule has 5 nitrogen and oxygen atoms in total. The average Bonchev–Trinajstić information content (AvgIpc) is 3.49. The molecule has 0 bridgehead atoms. The zero-order chi connectivity index (χ0) is 17.7. The molecule has 132 valence electrons. The van der Waals surface area contributed by atoms with Crippen molar-refractivity contribution in [3.8, 4) is 0 Å². The van der Waals surface area contributed by atoms with Crippen LogP contribution in [-0.2, 0) is 11.3 Å². The molecule has 0 saturated heterocycles. The van der Waals surface area contributed by atoms with Crippen molar-refractivity contribution in [1.29, 1.82) is 5.41 Å². The first-order valence-electron chi connectivity index (χ1n) is 8.50. The normalized spacial score (nSPS) is 24.2. The molecule has 1 amide bonds. The van der Waals surface area contributed by atoms with Crippen LogP contribution in [0, 0.1) is 23.2 Å². The third-order valence-corrected chi connectivity index (χ3v) is 6.08. The van der Waals surface area contributed by atoms with Crippen molar-refractivity contribution in [1.82, 2.24) is 9.88 Å². The number of hydrogen-bond acceptors (Lipinski definition) is 4. The summed E-state index contributed by atoms with van der Waals surface area (Å²) in [6.45, 7) is 3.06. The van der Waals surface area contributed by atoms with Gasteiger partial charge in [-0.25, -0.2) is 4.98 Å².